The van der Waals surface area contributed by atoms with Crippen LogP contribution in [-0.4, -0.2) is 80.8 Å². The number of methoxy groups -OCH3 is 1. The highest BCUT2D eigenvalue weighted by Gasteiger charge is 2.30. The van der Waals surface area contributed by atoms with Gasteiger partial charge in [-0.05, 0) is 29.8 Å². The van der Waals surface area contributed by atoms with Gasteiger partial charge in [0.15, 0.2) is 0 Å². The molecule has 8 nitrogen and oxygen atoms in total. The second kappa shape index (κ2) is 11.6. The Hall–Kier alpha value is -2.46. The molecule has 10 heteroatoms. The average Bonchev–Trinajstić information content (AvgIpc) is 2.83. The van der Waals surface area contributed by atoms with Crippen LogP contribution in [0.15, 0.2) is 59.5 Å². The third-order valence-electron chi connectivity index (χ3n) is 5.51. The minimum absolute atomic E-state index is 0.0978. The molecule has 0 saturated carbocycles. The van der Waals surface area contributed by atoms with Crippen LogP contribution in [0, 0.1) is 0 Å². The molecule has 1 fully saturated rings. The van der Waals surface area contributed by atoms with Crippen molar-refractivity contribution < 1.29 is 22.7 Å². The van der Waals surface area contributed by atoms with Crippen molar-refractivity contribution in [3.8, 4) is 0 Å². The molecule has 0 bridgehead atoms. The van der Waals surface area contributed by atoms with Crippen molar-refractivity contribution in [3.63, 3.8) is 0 Å². The Balaban J connectivity index is 1.59. The fraction of sp³-hybridized carbons (Fsp3) is 0.391. The van der Waals surface area contributed by atoms with E-state index in [9.17, 15) is 18.0 Å². The molecule has 3 rings (SSSR count). The lowest BCUT2D eigenvalue weighted by Gasteiger charge is -2.35. The van der Waals surface area contributed by atoms with Crippen LogP contribution in [0.4, 0.5) is 0 Å². The van der Waals surface area contributed by atoms with Gasteiger partial charge in [0.05, 0.1) is 25.0 Å². The molecule has 178 valence electrons. The lowest BCUT2D eigenvalue weighted by molar-refractivity contribution is -0.142. The maximum Gasteiger partial charge on any atom is 0.306 e. The average molecular weight is 494 g/mol. The minimum Gasteiger partial charge on any atom is -0.469 e. The van der Waals surface area contributed by atoms with Crippen LogP contribution >= 0.6 is 11.6 Å². The minimum atomic E-state index is -3.64. The molecule has 2 aromatic carbocycles. The lowest BCUT2D eigenvalue weighted by atomic mass is 10.2. The number of carbonyl (C=O) groups excluding carboxylic acids is 2. The van der Waals surface area contributed by atoms with Gasteiger partial charge in [-0.1, -0.05) is 41.9 Å². The predicted molar refractivity (Wildman–Crippen MR) is 125 cm³/mol. The molecule has 1 aliphatic rings. The second-order valence-electron chi connectivity index (χ2n) is 7.76. The zero-order valence-electron chi connectivity index (χ0n) is 18.5. The van der Waals surface area contributed by atoms with Crippen LogP contribution in [0.1, 0.15) is 12.0 Å². The Labute approximate surface area is 199 Å². The fourth-order valence-electron chi connectivity index (χ4n) is 3.63. The lowest BCUT2D eigenvalue weighted by Crippen LogP contribution is -2.52. The first-order valence-electron chi connectivity index (χ1n) is 10.7. The van der Waals surface area contributed by atoms with E-state index in [0.29, 0.717) is 31.2 Å². The van der Waals surface area contributed by atoms with Crippen molar-refractivity contribution in [1.29, 1.82) is 0 Å². The fourth-order valence-corrected chi connectivity index (χ4v) is 5.18. The van der Waals surface area contributed by atoms with Gasteiger partial charge in [0.1, 0.15) is 0 Å². The Bertz CT molecular complexity index is 1040. The van der Waals surface area contributed by atoms with E-state index in [2.05, 4.69) is 0 Å². The number of sulfonamides is 1. The number of benzene rings is 2. The molecular formula is C23H28ClN3O5S. The number of esters is 1. The quantitative estimate of drug-likeness (QED) is 0.498. The van der Waals surface area contributed by atoms with Gasteiger partial charge in [-0.2, -0.15) is 4.31 Å². The zero-order chi connectivity index (χ0) is 23.8. The number of carbonyl (C=O) groups is 2. The molecular weight excluding hydrogens is 466 g/mol. The Morgan fingerprint density at radius 3 is 2.24 bits per heavy atom. The molecule has 0 aromatic heterocycles. The molecule has 0 N–H and O–H groups in total. The predicted octanol–water partition coefficient (Wildman–Crippen LogP) is 2.24. The molecule has 0 spiro atoms. The van der Waals surface area contributed by atoms with Gasteiger partial charge in [-0.3, -0.25) is 14.5 Å². The monoisotopic (exact) mass is 493 g/mol. The zero-order valence-corrected chi connectivity index (χ0v) is 20.1. The second-order valence-corrected chi connectivity index (χ2v) is 10.1. The van der Waals surface area contributed by atoms with Crippen molar-refractivity contribution in [1.82, 2.24) is 14.1 Å². The topological polar surface area (TPSA) is 87.2 Å². The number of hydrogen-bond acceptors (Lipinski definition) is 6. The summed E-state index contributed by atoms with van der Waals surface area (Å²) in [6, 6.07) is 15.8. The van der Waals surface area contributed by atoms with E-state index < -0.39 is 10.0 Å². The highest BCUT2D eigenvalue weighted by atomic mass is 35.5. The number of halogens is 1. The molecule has 0 aliphatic carbocycles. The summed E-state index contributed by atoms with van der Waals surface area (Å²) < 4.78 is 31.8. The van der Waals surface area contributed by atoms with Crippen LogP contribution in [-0.2, 0) is 30.9 Å². The molecule has 0 unspecified atom stereocenters. The SMILES string of the molecule is COC(=O)CCN(CC(=O)N1CCN(S(=O)(=O)c2ccc(Cl)cc2)CC1)Cc1ccccc1. The standard InChI is InChI=1S/C23H28ClN3O5S/c1-32-23(29)11-12-25(17-19-5-3-2-4-6-19)18-22(28)26-13-15-27(16-14-26)33(30,31)21-9-7-20(24)8-10-21/h2-10H,11-18H2,1H3. The molecule has 33 heavy (non-hydrogen) atoms. The van der Waals surface area contributed by atoms with Crippen molar-refractivity contribution >= 4 is 33.5 Å². The van der Waals surface area contributed by atoms with Gasteiger partial charge in [-0.25, -0.2) is 8.42 Å². The van der Waals surface area contributed by atoms with Crippen LogP contribution in [0.3, 0.4) is 0 Å². The third kappa shape index (κ3) is 7.01. The van der Waals surface area contributed by atoms with Crippen molar-refractivity contribution in [2.24, 2.45) is 0 Å². The Kier molecular flexibility index (Phi) is 8.85. The van der Waals surface area contributed by atoms with Crippen molar-refractivity contribution in [2.75, 3.05) is 46.4 Å². The first kappa shape index (κ1) is 25.2. The first-order valence-corrected chi connectivity index (χ1v) is 12.5. The summed E-state index contributed by atoms with van der Waals surface area (Å²) >= 11 is 5.86. The number of piperazine rings is 1. The van der Waals surface area contributed by atoms with E-state index in [1.807, 2.05) is 35.2 Å². The summed E-state index contributed by atoms with van der Waals surface area (Å²) in [4.78, 5) is 28.3. The smallest absolute Gasteiger partial charge is 0.306 e. The van der Waals surface area contributed by atoms with E-state index in [4.69, 9.17) is 16.3 Å². The maximum absolute atomic E-state index is 13.0. The van der Waals surface area contributed by atoms with E-state index in [0.717, 1.165) is 5.56 Å². The molecule has 1 heterocycles. The number of amides is 1. The molecule has 2 aromatic rings. The highest BCUT2D eigenvalue weighted by molar-refractivity contribution is 7.89. The number of hydrogen-bond donors (Lipinski definition) is 0. The van der Waals surface area contributed by atoms with Crippen LogP contribution in [0.25, 0.3) is 0 Å². The van der Waals surface area contributed by atoms with Crippen LogP contribution in [0.2, 0.25) is 5.02 Å². The third-order valence-corrected chi connectivity index (χ3v) is 7.68. The largest absolute Gasteiger partial charge is 0.469 e. The normalized spacial score (nSPS) is 14.9. The summed E-state index contributed by atoms with van der Waals surface area (Å²) in [6.07, 6.45) is 0.184. The summed E-state index contributed by atoms with van der Waals surface area (Å²) in [5, 5.41) is 0.469. The van der Waals surface area contributed by atoms with E-state index >= 15 is 0 Å². The van der Waals surface area contributed by atoms with E-state index in [-0.39, 0.29) is 42.8 Å². The van der Waals surface area contributed by atoms with Gasteiger partial charge in [0.25, 0.3) is 0 Å². The molecule has 1 amide bonds. The highest BCUT2D eigenvalue weighted by Crippen LogP contribution is 2.20. The number of ether oxygens (including phenoxy) is 1. The summed E-state index contributed by atoms with van der Waals surface area (Å²) in [5.74, 6) is -0.430. The van der Waals surface area contributed by atoms with Crippen molar-refractivity contribution in [2.45, 2.75) is 17.9 Å². The summed E-state index contributed by atoms with van der Waals surface area (Å²) in [7, 11) is -2.30. The van der Waals surface area contributed by atoms with Gasteiger partial charge in [0.2, 0.25) is 15.9 Å². The number of nitrogens with zero attached hydrogens (tertiary/aromatic N) is 3. The molecule has 0 radical (unpaired) electrons. The molecule has 0 atom stereocenters. The first-order chi connectivity index (χ1) is 15.8. The summed E-state index contributed by atoms with van der Waals surface area (Å²) in [6.45, 7) is 2.10. The molecule has 1 saturated heterocycles. The number of rotatable bonds is 9. The van der Waals surface area contributed by atoms with E-state index in [1.54, 1.807) is 17.0 Å². The maximum atomic E-state index is 13.0. The van der Waals surface area contributed by atoms with Gasteiger partial charge in [0, 0.05) is 44.3 Å². The Morgan fingerprint density at radius 2 is 1.64 bits per heavy atom. The van der Waals surface area contributed by atoms with Gasteiger partial charge in [-0.15, -0.1) is 0 Å². The Morgan fingerprint density at radius 1 is 1.00 bits per heavy atom. The van der Waals surface area contributed by atoms with Gasteiger partial charge >= 0.3 is 5.97 Å². The van der Waals surface area contributed by atoms with Crippen LogP contribution < -0.4 is 0 Å². The van der Waals surface area contributed by atoms with E-state index in [1.165, 1.54) is 23.5 Å². The van der Waals surface area contributed by atoms with Crippen LogP contribution in [0.5, 0.6) is 0 Å². The van der Waals surface area contributed by atoms with Gasteiger partial charge < -0.3 is 9.64 Å². The molecule has 1 aliphatic heterocycles. The summed E-state index contributed by atoms with van der Waals surface area (Å²) in [5.41, 5.74) is 1.04. The van der Waals surface area contributed by atoms with Crippen molar-refractivity contribution in [3.05, 3.63) is 65.2 Å².